The van der Waals surface area contributed by atoms with Crippen molar-refractivity contribution in [3.05, 3.63) is 290 Å². The van der Waals surface area contributed by atoms with E-state index in [1.165, 1.54) is 66.8 Å². The van der Waals surface area contributed by atoms with E-state index in [4.69, 9.17) is 0 Å². The normalized spacial score (nSPS) is 12.2. The van der Waals surface area contributed by atoms with Crippen molar-refractivity contribution in [2.45, 2.75) is 12.8 Å². The fourth-order valence-corrected chi connectivity index (χ4v) is 9.56. The number of hydrogen-bond acceptors (Lipinski definition) is 2. The lowest BCUT2D eigenvalue weighted by molar-refractivity contribution is 1.07. The molecule has 0 aromatic heterocycles. The molecule has 10 aromatic carbocycles. The van der Waals surface area contributed by atoms with Crippen molar-refractivity contribution in [3.8, 4) is 44.5 Å². The maximum absolute atomic E-state index is 2.41. The van der Waals surface area contributed by atoms with Crippen LogP contribution in [0.2, 0.25) is 0 Å². The summed E-state index contributed by atoms with van der Waals surface area (Å²) in [5.41, 5.74) is 21.5. The first kappa shape index (κ1) is 41.9. The number of rotatable bonds is 12. The van der Waals surface area contributed by atoms with E-state index in [2.05, 4.69) is 289 Å². The lowest BCUT2D eigenvalue weighted by Crippen LogP contribution is -2.13. The Morgan fingerprint density at radius 3 is 0.676 bits per heavy atom. The second-order valence-corrected chi connectivity index (χ2v) is 17.2. The lowest BCUT2D eigenvalue weighted by Gasteiger charge is -2.30. The maximum atomic E-state index is 2.41. The van der Waals surface area contributed by atoms with Crippen LogP contribution in [0.5, 0.6) is 0 Å². The highest BCUT2D eigenvalue weighted by atomic mass is 15.1. The summed E-state index contributed by atoms with van der Waals surface area (Å²) in [4.78, 5) is 4.83. The van der Waals surface area contributed by atoms with Crippen molar-refractivity contribution in [2.24, 2.45) is 0 Å². The van der Waals surface area contributed by atoms with Crippen LogP contribution >= 0.6 is 0 Å². The molecule has 0 saturated carbocycles. The Balaban J connectivity index is 0.966. The molecule has 2 nitrogen and oxygen atoms in total. The Bertz CT molecular complexity index is 2920. The van der Waals surface area contributed by atoms with Crippen molar-refractivity contribution in [3.63, 3.8) is 0 Å². The first-order valence-corrected chi connectivity index (χ1v) is 23.5. The number of anilines is 6. The van der Waals surface area contributed by atoms with Crippen LogP contribution in [0.15, 0.2) is 279 Å². The van der Waals surface area contributed by atoms with Crippen molar-refractivity contribution >= 4 is 45.3 Å². The molecule has 0 radical (unpaired) electrons. The summed E-state index contributed by atoms with van der Waals surface area (Å²) in [5.74, 6) is 0. The van der Waals surface area contributed by atoms with Gasteiger partial charge < -0.3 is 9.80 Å². The van der Waals surface area contributed by atoms with Gasteiger partial charge in [0.15, 0.2) is 0 Å². The lowest BCUT2D eigenvalue weighted by atomic mass is 9.88. The van der Waals surface area contributed by atoms with E-state index < -0.39 is 0 Å². The second kappa shape index (κ2) is 19.4. The molecular formula is C66H50N2. The third-order valence-electron chi connectivity index (χ3n) is 13.1. The van der Waals surface area contributed by atoms with Gasteiger partial charge in [-0.2, -0.15) is 0 Å². The Morgan fingerprint density at radius 2 is 0.426 bits per heavy atom. The zero-order valence-corrected chi connectivity index (χ0v) is 37.9. The van der Waals surface area contributed by atoms with Crippen LogP contribution in [0.4, 0.5) is 34.1 Å². The highest BCUT2D eigenvalue weighted by Crippen LogP contribution is 2.46. The Kier molecular flexibility index (Phi) is 12.0. The molecule has 0 amide bonds. The van der Waals surface area contributed by atoms with Crippen molar-refractivity contribution in [1.29, 1.82) is 0 Å². The van der Waals surface area contributed by atoms with Gasteiger partial charge in [-0.05, 0) is 129 Å². The summed E-state index contributed by atoms with van der Waals surface area (Å²) in [6.45, 7) is 0. The Hall–Kier alpha value is -8.72. The molecule has 0 atom stereocenters. The molecule has 0 N–H and O–H groups in total. The van der Waals surface area contributed by atoms with Gasteiger partial charge in [0.25, 0.3) is 0 Å². The average Bonchev–Trinajstić information content (AvgIpc) is 3.43. The van der Waals surface area contributed by atoms with Crippen LogP contribution < -0.4 is 9.80 Å². The van der Waals surface area contributed by atoms with Gasteiger partial charge in [-0.25, -0.2) is 0 Å². The molecule has 10 aromatic rings. The molecule has 11 rings (SSSR count). The average molecular weight is 871 g/mol. The summed E-state index contributed by atoms with van der Waals surface area (Å²) in [6, 6.07) is 96.2. The van der Waals surface area contributed by atoms with Crippen molar-refractivity contribution in [2.75, 3.05) is 9.80 Å². The van der Waals surface area contributed by atoms with Gasteiger partial charge in [0, 0.05) is 33.9 Å². The number of para-hydroxylation sites is 2. The molecule has 0 saturated heterocycles. The van der Waals surface area contributed by atoms with E-state index in [-0.39, 0.29) is 0 Å². The molecule has 68 heavy (non-hydrogen) atoms. The SMILES string of the molecule is C1=C(c2ccccc2N(c2ccc(-c3ccccc3)cc2)c2ccc(-c3ccccc3)cc2)CCC(c2ccccc2N(c2ccc(-c3ccccc3)cc2)c2ccc(-c3ccccc3)cc2)=C1. The highest BCUT2D eigenvalue weighted by molar-refractivity contribution is 5.92. The van der Waals surface area contributed by atoms with E-state index in [1.807, 2.05) is 0 Å². The third kappa shape index (κ3) is 8.84. The second-order valence-electron chi connectivity index (χ2n) is 17.2. The standard InChI is InChI=1S/C66H50N2/c1-5-17-49(18-6-1)53-33-41-59(42-34-53)67(60-43-35-54(36-44-60)50-19-7-2-8-20-50)65-27-15-13-25-63(65)57-29-31-58(32-30-57)64-26-14-16-28-66(64)68(61-45-37-55(38-46-61)51-21-9-3-10-22-51)62-47-39-56(40-48-62)52-23-11-4-12-24-52/h1-29,31,33-48H,30,32H2. The van der Waals surface area contributed by atoms with Crippen LogP contribution in [0.25, 0.3) is 55.7 Å². The first-order valence-electron chi connectivity index (χ1n) is 23.5. The van der Waals surface area contributed by atoms with E-state index in [9.17, 15) is 0 Å². The molecule has 0 spiro atoms. The zero-order chi connectivity index (χ0) is 45.5. The summed E-state index contributed by atoms with van der Waals surface area (Å²) in [5, 5.41) is 0. The minimum absolute atomic E-state index is 0.905. The zero-order valence-electron chi connectivity index (χ0n) is 37.9. The van der Waals surface area contributed by atoms with E-state index in [0.29, 0.717) is 0 Å². The molecule has 0 fully saturated rings. The molecule has 2 heteroatoms. The largest absolute Gasteiger partial charge is 0.310 e. The molecule has 324 valence electrons. The summed E-state index contributed by atoms with van der Waals surface area (Å²) >= 11 is 0. The van der Waals surface area contributed by atoms with Gasteiger partial charge in [-0.3, -0.25) is 0 Å². The Morgan fingerprint density at radius 1 is 0.206 bits per heavy atom. The Labute approximate surface area is 400 Å². The van der Waals surface area contributed by atoms with Crippen LogP contribution in [-0.4, -0.2) is 0 Å². The quantitative estimate of drug-likeness (QED) is 0.121. The topological polar surface area (TPSA) is 6.48 Å². The fourth-order valence-electron chi connectivity index (χ4n) is 9.56. The number of hydrogen-bond donors (Lipinski definition) is 0. The smallest absolute Gasteiger partial charge is 0.0536 e. The molecule has 1 aliphatic rings. The maximum Gasteiger partial charge on any atom is 0.0536 e. The van der Waals surface area contributed by atoms with Gasteiger partial charge in [-0.15, -0.1) is 0 Å². The van der Waals surface area contributed by atoms with Gasteiger partial charge >= 0.3 is 0 Å². The predicted octanol–water partition coefficient (Wildman–Crippen LogP) is 18.6. The number of benzene rings is 10. The summed E-state index contributed by atoms with van der Waals surface area (Å²) < 4.78 is 0. The molecule has 1 aliphatic carbocycles. The van der Waals surface area contributed by atoms with E-state index in [0.717, 1.165) is 47.0 Å². The van der Waals surface area contributed by atoms with Crippen LogP contribution in [0, 0.1) is 0 Å². The first-order chi connectivity index (χ1) is 33.7. The predicted molar refractivity (Wildman–Crippen MR) is 289 cm³/mol. The van der Waals surface area contributed by atoms with Crippen LogP contribution in [0.3, 0.4) is 0 Å². The molecule has 0 aliphatic heterocycles. The number of nitrogens with zero attached hydrogens (tertiary/aromatic N) is 2. The van der Waals surface area contributed by atoms with Gasteiger partial charge in [-0.1, -0.05) is 218 Å². The number of allylic oxidation sites excluding steroid dienone is 4. The minimum Gasteiger partial charge on any atom is -0.310 e. The van der Waals surface area contributed by atoms with E-state index in [1.54, 1.807) is 0 Å². The van der Waals surface area contributed by atoms with Gasteiger partial charge in [0.1, 0.15) is 0 Å². The fraction of sp³-hybridized carbons (Fsp3) is 0.0303. The van der Waals surface area contributed by atoms with Crippen LogP contribution in [0.1, 0.15) is 24.0 Å². The van der Waals surface area contributed by atoms with E-state index >= 15 is 0 Å². The van der Waals surface area contributed by atoms with Gasteiger partial charge in [0.05, 0.1) is 11.4 Å². The van der Waals surface area contributed by atoms with Crippen molar-refractivity contribution in [1.82, 2.24) is 0 Å². The molecular weight excluding hydrogens is 821 g/mol. The van der Waals surface area contributed by atoms with Crippen molar-refractivity contribution < 1.29 is 0 Å². The van der Waals surface area contributed by atoms with Gasteiger partial charge in [0.2, 0.25) is 0 Å². The van der Waals surface area contributed by atoms with Crippen LogP contribution in [-0.2, 0) is 0 Å². The monoisotopic (exact) mass is 870 g/mol. The minimum atomic E-state index is 0.905. The molecule has 0 bridgehead atoms. The highest BCUT2D eigenvalue weighted by Gasteiger charge is 2.23. The summed E-state index contributed by atoms with van der Waals surface area (Å²) in [6.07, 6.45) is 6.53. The summed E-state index contributed by atoms with van der Waals surface area (Å²) in [7, 11) is 0. The molecule has 0 unspecified atom stereocenters. The molecule has 0 heterocycles. The third-order valence-corrected chi connectivity index (χ3v) is 13.1.